The normalized spacial score (nSPS) is 29.8. The molecule has 2 bridgehead atoms. The lowest BCUT2D eigenvalue weighted by molar-refractivity contribution is -0.153. The summed E-state index contributed by atoms with van der Waals surface area (Å²) in [4.78, 5) is 43.9. The molecule has 3 heterocycles. The molecule has 2 amide bonds. The van der Waals surface area contributed by atoms with Gasteiger partial charge in [0.15, 0.2) is 0 Å². The summed E-state index contributed by atoms with van der Waals surface area (Å²) < 4.78 is 4.63. The minimum absolute atomic E-state index is 0.0295. The number of anilines is 1. The van der Waals surface area contributed by atoms with E-state index >= 15 is 0 Å². The van der Waals surface area contributed by atoms with Crippen molar-refractivity contribution in [1.29, 1.82) is 0 Å². The summed E-state index contributed by atoms with van der Waals surface area (Å²) in [6, 6.07) is 5.20. The molecule has 0 saturated carbocycles. The smallest absolute Gasteiger partial charge is 0.310 e. The van der Waals surface area contributed by atoms with Crippen molar-refractivity contribution in [3.05, 3.63) is 42.0 Å². The molecular weight excluding hydrogens is 440 g/mol. The van der Waals surface area contributed by atoms with E-state index in [2.05, 4.69) is 6.58 Å². The van der Waals surface area contributed by atoms with Gasteiger partial charge in [-0.25, -0.2) is 0 Å². The van der Waals surface area contributed by atoms with Crippen molar-refractivity contribution in [2.24, 2.45) is 11.8 Å². The number of β-amino-alcohol motifs (C(OH)–C–C–N with tert-alkyl or cyclic N) is 1. The van der Waals surface area contributed by atoms with E-state index < -0.39 is 22.6 Å². The van der Waals surface area contributed by atoms with E-state index in [0.29, 0.717) is 13.0 Å². The van der Waals surface area contributed by atoms with Gasteiger partial charge in [-0.1, -0.05) is 18.2 Å². The molecule has 3 saturated heterocycles. The number of aliphatic hydroxyl groups excluding tert-OH is 1. The van der Waals surface area contributed by atoms with Crippen molar-refractivity contribution in [3.8, 4) is 0 Å². The number of likely N-dealkylation sites (tertiary alicyclic amines) is 1. The second-order valence-corrected chi connectivity index (χ2v) is 10.7. The fourth-order valence-corrected chi connectivity index (χ4v) is 8.08. The SMILES string of the molecule is C=CCN(C(=O)C1N(CCO)C(=O)[C@@H]2[C@@H](C(=O)OCC)[C@H]3CCC12S3)c1cc(C)ccc1C. The van der Waals surface area contributed by atoms with Crippen LogP contribution in [0, 0.1) is 25.7 Å². The lowest BCUT2D eigenvalue weighted by Crippen LogP contribution is -2.55. The van der Waals surface area contributed by atoms with Crippen LogP contribution in [0.15, 0.2) is 30.9 Å². The Kier molecular flexibility index (Phi) is 6.60. The number of amides is 2. The maximum absolute atomic E-state index is 14.2. The van der Waals surface area contributed by atoms with Crippen LogP contribution in [0.1, 0.15) is 30.9 Å². The van der Waals surface area contributed by atoms with E-state index in [1.807, 2.05) is 32.0 Å². The number of carbonyl (C=O) groups is 3. The summed E-state index contributed by atoms with van der Waals surface area (Å²) in [5.41, 5.74) is 2.77. The molecule has 1 aromatic rings. The second-order valence-electron chi connectivity index (χ2n) is 9.09. The van der Waals surface area contributed by atoms with Crippen molar-refractivity contribution >= 4 is 35.2 Å². The van der Waals surface area contributed by atoms with Gasteiger partial charge in [-0.15, -0.1) is 18.3 Å². The summed E-state index contributed by atoms with van der Waals surface area (Å²) >= 11 is 1.60. The molecule has 0 aromatic heterocycles. The van der Waals surface area contributed by atoms with Crippen LogP contribution in [0.25, 0.3) is 0 Å². The van der Waals surface area contributed by atoms with E-state index in [1.165, 1.54) is 4.90 Å². The van der Waals surface area contributed by atoms with E-state index in [-0.39, 0.29) is 42.8 Å². The highest BCUT2D eigenvalue weighted by Gasteiger charge is 2.74. The monoisotopic (exact) mass is 472 g/mol. The summed E-state index contributed by atoms with van der Waals surface area (Å²) in [6.45, 7) is 9.90. The van der Waals surface area contributed by atoms with Crippen molar-refractivity contribution in [3.63, 3.8) is 0 Å². The maximum Gasteiger partial charge on any atom is 0.310 e. The number of rotatable bonds is 8. The second kappa shape index (κ2) is 9.14. The summed E-state index contributed by atoms with van der Waals surface area (Å²) in [5, 5.41) is 9.71. The van der Waals surface area contributed by atoms with Gasteiger partial charge in [0.1, 0.15) is 6.04 Å². The molecule has 3 aliphatic heterocycles. The molecule has 3 aliphatic rings. The zero-order chi connectivity index (χ0) is 23.9. The number of nitrogens with zero attached hydrogens (tertiary/aromatic N) is 2. The molecule has 178 valence electrons. The number of ether oxygens (including phenoxy) is 1. The Hall–Kier alpha value is -2.32. The lowest BCUT2D eigenvalue weighted by atomic mass is 9.71. The third-order valence-corrected chi connectivity index (χ3v) is 9.12. The zero-order valence-corrected chi connectivity index (χ0v) is 20.3. The van der Waals surface area contributed by atoms with Gasteiger partial charge in [-0.2, -0.15) is 0 Å². The Bertz CT molecular complexity index is 982. The predicted octanol–water partition coefficient (Wildman–Crippen LogP) is 2.47. The molecule has 2 unspecified atom stereocenters. The van der Waals surface area contributed by atoms with Gasteiger partial charge in [0.05, 0.1) is 29.8 Å². The van der Waals surface area contributed by atoms with Crippen LogP contribution in [-0.4, -0.2) is 70.1 Å². The quantitative estimate of drug-likeness (QED) is 0.462. The minimum atomic E-state index is -0.753. The van der Waals surface area contributed by atoms with Crippen LogP contribution >= 0.6 is 11.8 Å². The number of aliphatic hydroxyl groups is 1. The van der Waals surface area contributed by atoms with E-state index in [0.717, 1.165) is 23.2 Å². The minimum Gasteiger partial charge on any atom is -0.466 e. The highest BCUT2D eigenvalue weighted by Crippen LogP contribution is 2.66. The van der Waals surface area contributed by atoms with E-state index in [9.17, 15) is 19.5 Å². The number of fused-ring (bicyclic) bond motifs is 1. The highest BCUT2D eigenvalue weighted by molar-refractivity contribution is 8.02. The topological polar surface area (TPSA) is 87.2 Å². The Labute approximate surface area is 199 Å². The molecule has 0 aliphatic carbocycles. The van der Waals surface area contributed by atoms with Crippen molar-refractivity contribution in [2.75, 3.05) is 31.2 Å². The van der Waals surface area contributed by atoms with Gasteiger partial charge < -0.3 is 19.6 Å². The van der Waals surface area contributed by atoms with E-state index in [4.69, 9.17) is 4.74 Å². The molecular formula is C25H32N2O5S. The van der Waals surface area contributed by atoms with Crippen LogP contribution < -0.4 is 4.90 Å². The van der Waals surface area contributed by atoms with E-state index in [1.54, 1.807) is 29.7 Å². The largest absolute Gasteiger partial charge is 0.466 e. The van der Waals surface area contributed by atoms with Gasteiger partial charge in [0.2, 0.25) is 5.91 Å². The first-order valence-electron chi connectivity index (χ1n) is 11.6. The maximum atomic E-state index is 14.2. The Morgan fingerprint density at radius 3 is 2.82 bits per heavy atom. The lowest BCUT2D eigenvalue weighted by Gasteiger charge is -2.37. The summed E-state index contributed by atoms with van der Waals surface area (Å²) in [5.74, 6) is -1.93. The third kappa shape index (κ3) is 3.67. The van der Waals surface area contributed by atoms with Gasteiger partial charge in [0.25, 0.3) is 5.91 Å². The Morgan fingerprint density at radius 2 is 2.15 bits per heavy atom. The molecule has 8 heteroatoms. The molecule has 0 radical (unpaired) electrons. The highest BCUT2D eigenvalue weighted by atomic mass is 32.2. The summed E-state index contributed by atoms with van der Waals surface area (Å²) in [6.07, 6.45) is 3.13. The average Bonchev–Trinajstić information content (AvgIpc) is 3.42. The van der Waals surface area contributed by atoms with Crippen LogP contribution in [-0.2, 0) is 19.1 Å². The molecule has 1 aromatic carbocycles. The van der Waals surface area contributed by atoms with Crippen molar-refractivity contribution in [1.82, 2.24) is 4.90 Å². The molecule has 7 nitrogen and oxygen atoms in total. The fourth-order valence-electron chi connectivity index (χ4n) is 5.88. The predicted molar refractivity (Wildman–Crippen MR) is 128 cm³/mol. The van der Waals surface area contributed by atoms with Crippen LogP contribution in [0.5, 0.6) is 0 Å². The van der Waals surface area contributed by atoms with Crippen molar-refractivity contribution in [2.45, 2.75) is 49.7 Å². The van der Waals surface area contributed by atoms with Gasteiger partial charge >= 0.3 is 5.97 Å². The van der Waals surface area contributed by atoms with Crippen LogP contribution in [0.2, 0.25) is 0 Å². The number of esters is 1. The first-order chi connectivity index (χ1) is 15.8. The van der Waals surface area contributed by atoms with Crippen molar-refractivity contribution < 1.29 is 24.2 Å². The first kappa shape index (κ1) is 23.8. The number of carbonyl (C=O) groups excluding carboxylic acids is 3. The Morgan fingerprint density at radius 1 is 1.39 bits per heavy atom. The van der Waals surface area contributed by atoms with Crippen LogP contribution in [0.4, 0.5) is 5.69 Å². The van der Waals surface area contributed by atoms with Crippen LogP contribution in [0.3, 0.4) is 0 Å². The molecule has 1 spiro atoms. The number of thioether (sulfide) groups is 1. The Balaban J connectivity index is 1.78. The fraction of sp³-hybridized carbons (Fsp3) is 0.560. The molecule has 5 atom stereocenters. The molecule has 4 rings (SSSR count). The third-order valence-electron chi connectivity index (χ3n) is 7.17. The standard InChI is InChI=1S/C25H32N2O5S/c1-5-11-26(17-14-15(3)7-8-16(17)4)23(30)21-25-10-9-18(33-25)19(24(31)32-6-2)20(25)22(29)27(21)12-13-28/h5,7-8,14,18-21,28H,1,6,9-13H2,2-4H3/t18-,19+,20+,21?,25?/m1/s1. The number of benzene rings is 1. The number of hydrogen-bond acceptors (Lipinski definition) is 6. The molecule has 1 N–H and O–H groups in total. The molecule has 3 fully saturated rings. The van der Waals surface area contributed by atoms with Gasteiger partial charge in [0, 0.05) is 24.0 Å². The average molecular weight is 473 g/mol. The number of aryl methyl sites for hydroxylation is 2. The molecule has 33 heavy (non-hydrogen) atoms. The summed E-state index contributed by atoms with van der Waals surface area (Å²) in [7, 11) is 0. The zero-order valence-electron chi connectivity index (χ0n) is 19.5. The van der Waals surface area contributed by atoms with Gasteiger partial charge in [-0.05, 0) is 50.8 Å². The first-order valence-corrected chi connectivity index (χ1v) is 12.4. The number of hydrogen-bond donors (Lipinski definition) is 1. The van der Waals surface area contributed by atoms with Gasteiger partial charge in [-0.3, -0.25) is 14.4 Å².